The van der Waals surface area contributed by atoms with Crippen molar-refractivity contribution >= 4 is 17.7 Å². The van der Waals surface area contributed by atoms with Crippen LogP contribution in [0.3, 0.4) is 0 Å². The monoisotopic (exact) mass is 394 g/mol. The zero-order valence-corrected chi connectivity index (χ0v) is 17.1. The molecule has 1 N–H and O–H groups in total. The summed E-state index contributed by atoms with van der Waals surface area (Å²) in [5.41, 5.74) is 1.24. The Labute approximate surface area is 172 Å². The summed E-state index contributed by atoms with van der Waals surface area (Å²) >= 11 is 0. The number of hydrogen-bond donors (Lipinski definition) is 1. The Bertz CT molecular complexity index is 778. The molecule has 1 atom stereocenters. The highest BCUT2D eigenvalue weighted by Gasteiger charge is 2.31. The summed E-state index contributed by atoms with van der Waals surface area (Å²) in [6, 6.07) is 12.8. The number of amides is 2. The topological polar surface area (TPSA) is 64.6 Å². The Morgan fingerprint density at radius 1 is 1.00 bits per heavy atom. The minimum absolute atomic E-state index is 0.0824. The van der Waals surface area contributed by atoms with E-state index in [1.807, 2.05) is 17.0 Å². The van der Waals surface area contributed by atoms with E-state index in [1.54, 1.807) is 12.4 Å². The first-order valence-electron chi connectivity index (χ1n) is 10.6. The second kappa shape index (κ2) is 9.11. The van der Waals surface area contributed by atoms with E-state index >= 15 is 0 Å². The van der Waals surface area contributed by atoms with E-state index < -0.39 is 0 Å². The summed E-state index contributed by atoms with van der Waals surface area (Å²) in [5.74, 6) is 0.778. The molecule has 2 amide bonds. The first kappa shape index (κ1) is 19.5. The molecule has 0 saturated carbocycles. The molecule has 2 fully saturated rings. The SMILES string of the molecule is CCC1CN(c2ccccc2)CCN1C(=O)NC1CCN(c2ncccn2)CC1. The molecule has 2 saturated heterocycles. The fraction of sp³-hybridized carbons (Fsp3) is 0.500. The van der Waals surface area contributed by atoms with Crippen LogP contribution in [0.4, 0.5) is 16.4 Å². The number of hydrogen-bond acceptors (Lipinski definition) is 5. The van der Waals surface area contributed by atoms with Gasteiger partial charge in [-0.25, -0.2) is 14.8 Å². The molecule has 2 aliphatic heterocycles. The van der Waals surface area contributed by atoms with Gasteiger partial charge < -0.3 is 20.0 Å². The van der Waals surface area contributed by atoms with Crippen molar-refractivity contribution in [2.75, 3.05) is 42.5 Å². The molecule has 1 aromatic heterocycles. The van der Waals surface area contributed by atoms with Gasteiger partial charge in [0.2, 0.25) is 5.95 Å². The van der Waals surface area contributed by atoms with E-state index in [0.717, 1.165) is 57.9 Å². The molecule has 0 bridgehead atoms. The smallest absolute Gasteiger partial charge is 0.317 e. The summed E-state index contributed by atoms with van der Waals surface area (Å²) in [4.78, 5) is 28.3. The molecular weight excluding hydrogens is 364 g/mol. The first-order valence-corrected chi connectivity index (χ1v) is 10.6. The Hall–Kier alpha value is -2.83. The van der Waals surface area contributed by atoms with Gasteiger partial charge in [-0.3, -0.25) is 0 Å². The number of piperidine rings is 1. The fourth-order valence-corrected chi connectivity index (χ4v) is 4.28. The van der Waals surface area contributed by atoms with Crippen LogP contribution in [0.2, 0.25) is 0 Å². The van der Waals surface area contributed by atoms with E-state index in [2.05, 4.69) is 56.3 Å². The maximum Gasteiger partial charge on any atom is 0.317 e. The van der Waals surface area contributed by atoms with Gasteiger partial charge in [0.05, 0.1) is 6.04 Å². The van der Waals surface area contributed by atoms with Crippen LogP contribution in [0, 0.1) is 0 Å². The molecule has 29 heavy (non-hydrogen) atoms. The van der Waals surface area contributed by atoms with Gasteiger partial charge in [0.15, 0.2) is 0 Å². The van der Waals surface area contributed by atoms with Gasteiger partial charge >= 0.3 is 6.03 Å². The molecule has 2 aromatic rings. The molecule has 7 nitrogen and oxygen atoms in total. The van der Waals surface area contributed by atoms with Crippen LogP contribution in [-0.2, 0) is 0 Å². The van der Waals surface area contributed by atoms with Gasteiger partial charge in [-0.2, -0.15) is 0 Å². The number of nitrogens with one attached hydrogen (secondary N) is 1. The highest BCUT2D eigenvalue weighted by Crippen LogP contribution is 2.21. The Morgan fingerprint density at radius 2 is 1.72 bits per heavy atom. The van der Waals surface area contributed by atoms with Gasteiger partial charge in [-0.15, -0.1) is 0 Å². The van der Waals surface area contributed by atoms with Gasteiger partial charge in [0.1, 0.15) is 0 Å². The fourth-order valence-electron chi connectivity index (χ4n) is 4.28. The number of rotatable bonds is 4. The summed E-state index contributed by atoms with van der Waals surface area (Å²) in [7, 11) is 0. The number of piperazine rings is 1. The van der Waals surface area contributed by atoms with Gasteiger partial charge in [-0.1, -0.05) is 25.1 Å². The number of para-hydroxylation sites is 1. The van der Waals surface area contributed by atoms with E-state index in [9.17, 15) is 4.79 Å². The second-order valence-electron chi connectivity index (χ2n) is 7.80. The normalized spacial score (nSPS) is 20.6. The molecule has 7 heteroatoms. The molecule has 3 heterocycles. The maximum atomic E-state index is 13.0. The average molecular weight is 395 g/mol. The number of carbonyl (C=O) groups is 1. The van der Waals surface area contributed by atoms with Crippen LogP contribution < -0.4 is 15.1 Å². The Kier molecular flexibility index (Phi) is 6.12. The van der Waals surface area contributed by atoms with Crippen molar-refractivity contribution in [3.63, 3.8) is 0 Å². The largest absolute Gasteiger partial charge is 0.368 e. The third-order valence-electron chi connectivity index (χ3n) is 5.99. The molecule has 1 unspecified atom stereocenters. The summed E-state index contributed by atoms with van der Waals surface area (Å²) in [6.07, 6.45) is 6.35. The zero-order valence-electron chi connectivity index (χ0n) is 17.1. The van der Waals surface area contributed by atoms with Crippen LogP contribution in [0.5, 0.6) is 0 Å². The molecule has 0 spiro atoms. The minimum Gasteiger partial charge on any atom is -0.368 e. The lowest BCUT2D eigenvalue weighted by Crippen LogP contribution is -2.59. The molecule has 2 aliphatic rings. The summed E-state index contributed by atoms with van der Waals surface area (Å²) in [5, 5.41) is 3.28. The average Bonchev–Trinajstić information content (AvgIpc) is 2.80. The molecule has 0 radical (unpaired) electrons. The number of anilines is 2. The van der Waals surface area contributed by atoms with Crippen molar-refractivity contribution in [3.8, 4) is 0 Å². The quantitative estimate of drug-likeness (QED) is 0.864. The molecule has 0 aliphatic carbocycles. The van der Waals surface area contributed by atoms with Crippen LogP contribution >= 0.6 is 0 Å². The van der Waals surface area contributed by atoms with Gasteiger partial charge in [0.25, 0.3) is 0 Å². The van der Waals surface area contributed by atoms with Gasteiger partial charge in [0, 0.05) is 56.8 Å². The van der Waals surface area contributed by atoms with Crippen molar-refractivity contribution in [2.45, 2.75) is 38.3 Å². The predicted octanol–water partition coefficient (Wildman–Crippen LogP) is 2.76. The van der Waals surface area contributed by atoms with Crippen LogP contribution in [0.1, 0.15) is 26.2 Å². The van der Waals surface area contributed by atoms with E-state index in [-0.39, 0.29) is 18.1 Å². The molecule has 154 valence electrons. The standard InChI is InChI=1S/C22H30N6O/c1-2-19-17-27(20-7-4-3-5-8-20)15-16-28(19)22(29)25-18-9-13-26(14-10-18)21-23-11-6-12-24-21/h3-8,11-12,18-19H,2,9-10,13-17H2,1H3,(H,25,29). The van der Waals surface area contributed by atoms with E-state index in [1.165, 1.54) is 5.69 Å². The minimum atomic E-state index is 0.0824. The Morgan fingerprint density at radius 3 is 2.41 bits per heavy atom. The van der Waals surface area contributed by atoms with Crippen molar-refractivity contribution in [1.29, 1.82) is 0 Å². The summed E-state index contributed by atoms with van der Waals surface area (Å²) in [6.45, 7) is 6.42. The highest BCUT2D eigenvalue weighted by molar-refractivity contribution is 5.75. The second-order valence-corrected chi connectivity index (χ2v) is 7.80. The van der Waals surface area contributed by atoms with Crippen LogP contribution in [0.15, 0.2) is 48.8 Å². The lowest BCUT2D eigenvalue weighted by atomic mass is 10.1. The lowest BCUT2D eigenvalue weighted by Gasteiger charge is -2.43. The highest BCUT2D eigenvalue weighted by atomic mass is 16.2. The van der Waals surface area contributed by atoms with Crippen LogP contribution in [-0.4, -0.2) is 65.7 Å². The van der Waals surface area contributed by atoms with E-state index in [4.69, 9.17) is 0 Å². The summed E-state index contributed by atoms with van der Waals surface area (Å²) < 4.78 is 0. The lowest BCUT2D eigenvalue weighted by molar-refractivity contribution is 0.158. The maximum absolute atomic E-state index is 13.0. The van der Waals surface area contributed by atoms with Crippen molar-refractivity contribution in [1.82, 2.24) is 20.2 Å². The molecule has 4 rings (SSSR count). The Balaban J connectivity index is 1.30. The van der Waals surface area contributed by atoms with Gasteiger partial charge in [-0.05, 0) is 37.5 Å². The van der Waals surface area contributed by atoms with Crippen LogP contribution in [0.25, 0.3) is 0 Å². The van der Waals surface area contributed by atoms with E-state index in [0.29, 0.717) is 0 Å². The molecular formula is C22H30N6O. The number of aromatic nitrogens is 2. The number of urea groups is 1. The predicted molar refractivity (Wildman–Crippen MR) is 115 cm³/mol. The van der Waals surface area contributed by atoms with Crippen molar-refractivity contribution in [3.05, 3.63) is 48.8 Å². The zero-order chi connectivity index (χ0) is 20.1. The number of benzene rings is 1. The third-order valence-corrected chi connectivity index (χ3v) is 5.99. The number of carbonyl (C=O) groups excluding carboxylic acids is 1. The number of nitrogens with zero attached hydrogens (tertiary/aromatic N) is 5. The van der Waals surface area contributed by atoms with Crippen molar-refractivity contribution in [2.24, 2.45) is 0 Å². The van der Waals surface area contributed by atoms with Crippen molar-refractivity contribution < 1.29 is 4.79 Å². The first-order chi connectivity index (χ1) is 14.2. The molecule has 1 aromatic carbocycles. The third kappa shape index (κ3) is 4.60.